The maximum atomic E-state index is 5.49. The second-order valence-corrected chi connectivity index (χ2v) is 7.39. The second-order valence-electron chi connectivity index (χ2n) is 7.39. The van der Waals surface area contributed by atoms with Gasteiger partial charge in [-0.1, -0.05) is 38.1 Å². The van der Waals surface area contributed by atoms with Crippen LogP contribution in [0.2, 0.25) is 0 Å². The zero-order chi connectivity index (χ0) is 17.6. The summed E-state index contributed by atoms with van der Waals surface area (Å²) in [6.07, 6.45) is 1.17. The molecule has 138 valence electrons. The Hall–Kier alpha value is -1.59. The normalized spacial score (nSPS) is 22.2. The summed E-state index contributed by atoms with van der Waals surface area (Å²) in [4.78, 5) is 6.94. The van der Waals surface area contributed by atoms with Gasteiger partial charge < -0.3 is 15.4 Å². The maximum Gasteiger partial charge on any atom is 0.191 e. The lowest BCUT2D eigenvalue weighted by Crippen LogP contribution is -2.53. The van der Waals surface area contributed by atoms with E-state index in [-0.39, 0.29) is 0 Å². The number of fused-ring (bicyclic) bond motifs is 1. The van der Waals surface area contributed by atoms with Gasteiger partial charge in [0.05, 0.1) is 13.2 Å². The molecule has 2 atom stereocenters. The molecule has 2 unspecified atom stereocenters. The first-order valence-corrected chi connectivity index (χ1v) is 9.53. The predicted octanol–water partition coefficient (Wildman–Crippen LogP) is 1.85. The van der Waals surface area contributed by atoms with Gasteiger partial charge >= 0.3 is 0 Å². The summed E-state index contributed by atoms with van der Waals surface area (Å²) in [6, 6.07) is 9.24. The third-order valence-corrected chi connectivity index (χ3v) is 5.46. The van der Waals surface area contributed by atoms with Gasteiger partial charge in [0.25, 0.3) is 0 Å². The molecule has 1 heterocycles. The van der Waals surface area contributed by atoms with Crippen LogP contribution in [0.4, 0.5) is 0 Å². The van der Waals surface area contributed by atoms with Crippen LogP contribution in [0.1, 0.15) is 30.9 Å². The Balaban J connectivity index is 1.47. The van der Waals surface area contributed by atoms with E-state index in [0.29, 0.717) is 17.9 Å². The number of nitrogens with zero attached hydrogens (tertiary/aromatic N) is 2. The van der Waals surface area contributed by atoms with Crippen molar-refractivity contribution < 1.29 is 4.74 Å². The van der Waals surface area contributed by atoms with Crippen LogP contribution in [-0.2, 0) is 11.2 Å². The average molecular weight is 345 g/mol. The minimum Gasteiger partial charge on any atom is -0.379 e. The van der Waals surface area contributed by atoms with E-state index in [1.165, 1.54) is 17.5 Å². The van der Waals surface area contributed by atoms with Gasteiger partial charge in [-0.25, -0.2) is 0 Å². The van der Waals surface area contributed by atoms with Gasteiger partial charge in [-0.3, -0.25) is 9.89 Å². The average Bonchev–Trinajstić information content (AvgIpc) is 2.61. The van der Waals surface area contributed by atoms with Gasteiger partial charge in [0, 0.05) is 45.2 Å². The summed E-state index contributed by atoms with van der Waals surface area (Å²) in [5, 5.41) is 7.04. The van der Waals surface area contributed by atoms with E-state index in [0.717, 1.165) is 45.4 Å². The summed E-state index contributed by atoms with van der Waals surface area (Å²) < 4.78 is 5.49. The van der Waals surface area contributed by atoms with Crippen LogP contribution in [0.5, 0.6) is 0 Å². The Labute approximate surface area is 151 Å². The number of hydrogen-bond acceptors (Lipinski definition) is 3. The first-order valence-electron chi connectivity index (χ1n) is 9.53. The minimum absolute atomic E-state index is 0.506. The van der Waals surface area contributed by atoms with Crippen molar-refractivity contribution in [3.63, 3.8) is 0 Å². The van der Waals surface area contributed by atoms with Crippen molar-refractivity contribution in [3.05, 3.63) is 35.4 Å². The fourth-order valence-electron chi connectivity index (χ4n) is 3.88. The molecule has 2 N–H and O–H groups in total. The lowest BCUT2D eigenvalue weighted by atomic mass is 9.78. The van der Waals surface area contributed by atoms with Crippen molar-refractivity contribution in [2.75, 3.05) is 46.4 Å². The van der Waals surface area contributed by atoms with Gasteiger partial charge in [-0.05, 0) is 23.5 Å². The lowest BCUT2D eigenvalue weighted by Gasteiger charge is -2.37. The molecular formula is C20H32N4O. The zero-order valence-corrected chi connectivity index (χ0v) is 15.8. The monoisotopic (exact) mass is 344 g/mol. The molecule has 1 aromatic rings. The fourth-order valence-corrected chi connectivity index (χ4v) is 3.88. The number of benzene rings is 1. The Morgan fingerprint density at radius 3 is 2.68 bits per heavy atom. The van der Waals surface area contributed by atoms with Crippen LogP contribution >= 0.6 is 0 Å². The number of ether oxygens (including phenoxy) is 1. The topological polar surface area (TPSA) is 48.9 Å². The van der Waals surface area contributed by atoms with Crippen molar-refractivity contribution in [2.24, 2.45) is 10.9 Å². The van der Waals surface area contributed by atoms with Crippen molar-refractivity contribution >= 4 is 5.96 Å². The summed E-state index contributed by atoms with van der Waals surface area (Å²) in [5.41, 5.74) is 2.98. The van der Waals surface area contributed by atoms with Gasteiger partial charge in [-0.2, -0.15) is 0 Å². The second kappa shape index (κ2) is 8.68. The van der Waals surface area contributed by atoms with Gasteiger partial charge in [0.2, 0.25) is 0 Å². The van der Waals surface area contributed by atoms with Gasteiger partial charge in [0.1, 0.15) is 0 Å². The Morgan fingerprint density at radius 1 is 1.24 bits per heavy atom. The molecular weight excluding hydrogens is 312 g/mol. The molecule has 1 aliphatic heterocycles. The Bertz CT molecular complexity index is 581. The third-order valence-electron chi connectivity index (χ3n) is 5.46. The van der Waals surface area contributed by atoms with Crippen molar-refractivity contribution in [1.29, 1.82) is 0 Å². The molecule has 1 aromatic carbocycles. The molecule has 0 spiro atoms. The molecule has 1 aliphatic carbocycles. The van der Waals surface area contributed by atoms with Crippen molar-refractivity contribution in [3.8, 4) is 0 Å². The van der Waals surface area contributed by atoms with Crippen molar-refractivity contribution in [1.82, 2.24) is 15.5 Å². The van der Waals surface area contributed by atoms with Crippen LogP contribution in [0, 0.1) is 5.92 Å². The highest BCUT2D eigenvalue weighted by Crippen LogP contribution is 2.33. The number of guanidine groups is 1. The molecule has 0 bridgehead atoms. The van der Waals surface area contributed by atoms with Crippen LogP contribution < -0.4 is 10.6 Å². The van der Waals surface area contributed by atoms with E-state index >= 15 is 0 Å². The highest BCUT2D eigenvalue weighted by molar-refractivity contribution is 5.79. The summed E-state index contributed by atoms with van der Waals surface area (Å²) in [5.74, 6) is 2.11. The summed E-state index contributed by atoms with van der Waals surface area (Å²) >= 11 is 0. The predicted molar refractivity (Wildman–Crippen MR) is 103 cm³/mol. The van der Waals surface area contributed by atoms with Crippen LogP contribution in [0.3, 0.4) is 0 Å². The molecule has 0 saturated carbocycles. The fraction of sp³-hybridized carbons (Fsp3) is 0.650. The number of hydrogen-bond donors (Lipinski definition) is 2. The largest absolute Gasteiger partial charge is 0.379 e. The molecule has 1 saturated heterocycles. The molecule has 0 amide bonds. The molecule has 0 radical (unpaired) electrons. The number of rotatable bonds is 6. The molecule has 5 heteroatoms. The first kappa shape index (κ1) is 18.2. The maximum absolute atomic E-state index is 5.49. The van der Waals surface area contributed by atoms with Crippen LogP contribution in [-0.4, -0.2) is 63.3 Å². The highest BCUT2D eigenvalue weighted by Gasteiger charge is 2.26. The van der Waals surface area contributed by atoms with E-state index in [4.69, 9.17) is 4.74 Å². The standard InChI is InChI=1S/C20H32N4O/c1-15(2)19(24-8-10-25-11-9-24)14-23-20(21-3)22-13-17-12-16-6-4-5-7-18(16)17/h4-7,15,17,19H,8-14H2,1-3H3,(H2,21,22,23). The number of aliphatic imine (C=N–C) groups is 1. The lowest BCUT2D eigenvalue weighted by molar-refractivity contribution is 0.00752. The molecule has 0 aromatic heterocycles. The van der Waals surface area contributed by atoms with Crippen LogP contribution in [0.15, 0.2) is 29.3 Å². The molecule has 25 heavy (non-hydrogen) atoms. The van der Waals surface area contributed by atoms with Crippen molar-refractivity contribution in [2.45, 2.75) is 32.2 Å². The van der Waals surface area contributed by atoms with Crippen LogP contribution in [0.25, 0.3) is 0 Å². The Kier molecular flexibility index (Phi) is 6.32. The molecule has 1 fully saturated rings. The van der Waals surface area contributed by atoms with E-state index < -0.39 is 0 Å². The van der Waals surface area contributed by atoms with Gasteiger partial charge in [-0.15, -0.1) is 0 Å². The molecule has 5 nitrogen and oxygen atoms in total. The number of nitrogens with one attached hydrogen (secondary N) is 2. The minimum atomic E-state index is 0.506. The third kappa shape index (κ3) is 4.53. The summed E-state index contributed by atoms with van der Waals surface area (Å²) in [7, 11) is 1.85. The quantitative estimate of drug-likeness (QED) is 0.611. The van der Waals surface area contributed by atoms with Gasteiger partial charge in [0.15, 0.2) is 5.96 Å². The number of morpholine rings is 1. The van der Waals surface area contributed by atoms with E-state index in [1.807, 2.05) is 7.05 Å². The SMILES string of the molecule is CN=C(NCC1Cc2ccccc21)NCC(C(C)C)N1CCOCC1. The zero-order valence-electron chi connectivity index (χ0n) is 15.8. The van der Waals surface area contributed by atoms with E-state index in [2.05, 4.69) is 58.6 Å². The van der Waals surface area contributed by atoms with E-state index in [9.17, 15) is 0 Å². The smallest absolute Gasteiger partial charge is 0.191 e. The first-order chi connectivity index (χ1) is 12.2. The molecule has 3 rings (SSSR count). The Morgan fingerprint density at radius 2 is 2.00 bits per heavy atom. The molecule has 2 aliphatic rings. The highest BCUT2D eigenvalue weighted by atomic mass is 16.5. The summed E-state index contributed by atoms with van der Waals surface area (Å²) in [6.45, 7) is 10.2. The van der Waals surface area contributed by atoms with E-state index in [1.54, 1.807) is 0 Å².